The lowest BCUT2D eigenvalue weighted by molar-refractivity contribution is -0.870. The van der Waals surface area contributed by atoms with E-state index in [1.54, 1.807) is 18.2 Å². The Labute approximate surface area is 369 Å². The fourth-order valence-electron chi connectivity index (χ4n) is 6.71. The monoisotopic (exact) mass is 866 g/mol. The Bertz CT molecular complexity index is 1160. The van der Waals surface area contributed by atoms with Crippen LogP contribution >= 0.6 is 7.82 Å². The summed E-state index contributed by atoms with van der Waals surface area (Å²) in [5, 5.41) is 0. The van der Waals surface area contributed by atoms with Gasteiger partial charge in [0.2, 0.25) is 0 Å². The van der Waals surface area contributed by atoms with Gasteiger partial charge >= 0.3 is 11.9 Å². The molecule has 0 heterocycles. The molecule has 1 unspecified atom stereocenters. The van der Waals surface area contributed by atoms with Gasteiger partial charge in [0.1, 0.15) is 19.8 Å². The number of nitrogens with zero attached hydrogens (tertiary/aromatic N) is 1. The van der Waals surface area contributed by atoms with Crippen LogP contribution in [0.3, 0.4) is 0 Å². The van der Waals surface area contributed by atoms with Crippen LogP contribution in [0.1, 0.15) is 206 Å². The van der Waals surface area contributed by atoms with Gasteiger partial charge in [-0.2, -0.15) is 0 Å². The fraction of sp³-hybridized carbons (Fsp3) is 0.800. The lowest BCUT2D eigenvalue weighted by Gasteiger charge is -2.28. The second-order valence-corrected chi connectivity index (χ2v) is 19.0. The molecule has 0 aliphatic carbocycles. The van der Waals surface area contributed by atoms with Gasteiger partial charge in [0.05, 0.1) is 27.7 Å². The molecule has 2 atom stereocenters. The van der Waals surface area contributed by atoms with Crippen LogP contribution in [0.5, 0.6) is 0 Å². The van der Waals surface area contributed by atoms with E-state index in [2.05, 4.69) is 19.9 Å². The summed E-state index contributed by atoms with van der Waals surface area (Å²) in [5.41, 5.74) is 0. The van der Waals surface area contributed by atoms with E-state index in [-0.39, 0.29) is 13.2 Å². The second-order valence-electron chi connectivity index (χ2n) is 17.6. The zero-order valence-corrected chi connectivity index (χ0v) is 40.3. The van der Waals surface area contributed by atoms with Gasteiger partial charge in [0.15, 0.2) is 6.10 Å². The summed E-state index contributed by atoms with van der Waals surface area (Å²) < 4.78 is 33.6. The maximum absolute atomic E-state index is 12.6. The Kier molecular flexibility index (Phi) is 40.8. The molecular formula is C50H92NO8P. The van der Waals surface area contributed by atoms with Crippen LogP contribution in [0.2, 0.25) is 0 Å². The third-order valence-electron chi connectivity index (χ3n) is 10.5. The average Bonchev–Trinajstić information content (AvgIpc) is 3.20. The Morgan fingerprint density at radius 1 is 0.517 bits per heavy atom. The first kappa shape index (κ1) is 58.0. The van der Waals surface area contributed by atoms with Gasteiger partial charge in [-0.25, -0.2) is 9.59 Å². The summed E-state index contributed by atoms with van der Waals surface area (Å²) in [6.45, 7) is 4.01. The Morgan fingerprint density at radius 2 is 0.933 bits per heavy atom. The summed E-state index contributed by atoms with van der Waals surface area (Å²) in [6.07, 6.45) is 51.2. The number of rotatable bonds is 44. The lowest BCUT2D eigenvalue weighted by atomic mass is 10.0. The normalized spacial score (nSPS) is 13.9. The molecule has 9 nitrogen and oxygen atoms in total. The molecule has 0 aliphatic rings. The van der Waals surface area contributed by atoms with E-state index in [1.165, 1.54) is 179 Å². The number of esters is 2. The van der Waals surface area contributed by atoms with Crippen LogP contribution in [0.15, 0.2) is 48.6 Å². The average molecular weight is 866 g/mol. The van der Waals surface area contributed by atoms with Gasteiger partial charge in [-0.1, -0.05) is 217 Å². The number of phosphoric ester groups is 1. The van der Waals surface area contributed by atoms with E-state index in [0.29, 0.717) is 11.0 Å². The fourth-order valence-corrected chi connectivity index (χ4v) is 7.44. The molecule has 0 N–H and O–H groups in total. The van der Waals surface area contributed by atoms with Crippen LogP contribution in [0.4, 0.5) is 0 Å². The SMILES string of the molecule is CCCCCCCCCCC/C=C\C=C\C=CC(=O)OC[C@H](COP(=O)([O-])OCC[N+](C)(C)C)OC(=O)C=CCCCCCCCCCCCCCCCCCCCCC. The molecule has 350 valence electrons. The van der Waals surface area contributed by atoms with E-state index < -0.39 is 32.5 Å². The first-order valence-corrected chi connectivity index (χ1v) is 25.9. The van der Waals surface area contributed by atoms with Gasteiger partial charge in [0, 0.05) is 12.2 Å². The number of carbonyl (C=O) groups is 2. The molecule has 0 aliphatic heterocycles. The van der Waals surface area contributed by atoms with Crippen molar-refractivity contribution in [2.75, 3.05) is 47.5 Å². The molecule has 0 saturated heterocycles. The van der Waals surface area contributed by atoms with Crippen molar-refractivity contribution in [3.8, 4) is 0 Å². The van der Waals surface area contributed by atoms with Crippen molar-refractivity contribution in [1.82, 2.24) is 0 Å². The number of carbonyl (C=O) groups excluding carboxylic acids is 2. The van der Waals surface area contributed by atoms with Crippen LogP contribution in [0, 0.1) is 0 Å². The summed E-state index contributed by atoms with van der Waals surface area (Å²) in [6, 6.07) is 0. The van der Waals surface area contributed by atoms with Crippen molar-refractivity contribution >= 4 is 19.8 Å². The summed E-state index contributed by atoms with van der Waals surface area (Å²) in [7, 11) is 1.08. The van der Waals surface area contributed by atoms with Crippen LogP contribution in [-0.2, 0) is 32.7 Å². The van der Waals surface area contributed by atoms with Crippen molar-refractivity contribution in [2.24, 2.45) is 0 Å². The minimum atomic E-state index is -4.67. The van der Waals surface area contributed by atoms with Gasteiger partial charge in [-0.05, 0) is 25.7 Å². The van der Waals surface area contributed by atoms with Gasteiger partial charge in [0.25, 0.3) is 7.82 Å². The molecular weight excluding hydrogens is 774 g/mol. The number of hydrogen-bond acceptors (Lipinski definition) is 8. The number of unbranched alkanes of at least 4 members (excludes halogenated alkanes) is 28. The maximum atomic E-state index is 12.6. The molecule has 0 rings (SSSR count). The minimum Gasteiger partial charge on any atom is -0.756 e. The second kappa shape index (κ2) is 42.3. The van der Waals surface area contributed by atoms with E-state index in [1.807, 2.05) is 33.3 Å². The van der Waals surface area contributed by atoms with Gasteiger partial charge < -0.3 is 27.9 Å². The van der Waals surface area contributed by atoms with Crippen molar-refractivity contribution in [2.45, 2.75) is 213 Å². The first-order chi connectivity index (χ1) is 29.0. The maximum Gasteiger partial charge on any atom is 0.330 e. The number of allylic oxidation sites excluding steroid dienone is 6. The molecule has 0 spiro atoms. The number of hydrogen-bond donors (Lipinski definition) is 0. The van der Waals surface area contributed by atoms with Crippen molar-refractivity contribution < 1.29 is 42.1 Å². The van der Waals surface area contributed by atoms with Crippen molar-refractivity contribution in [3.05, 3.63) is 48.6 Å². The number of likely N-dealkylation sites (N-methyl/N-ethyl adjacent to an activating group) is 1. The number of quaternary nitrogens is 1. The Hall–Kier alpha value is -2.03. The third-order valence-corrected chi connectivity index (χ3v) is 11.5. The third kappa shape index (κ3) is 45.5. The smallest absolute Gasteiger partial charge is 0.330 e. The molecule has 0 fully saturated rings. The Morgan fingerprint density at radius 3 is 1.38 bits per heavy atom. The van der Waals surface area contributed by atoms with E-state index in [0.717, 1.165) is 25.7 Å². The highest BCUT2D eigenvalue weighted by Gasteiger charge is 2.20. The first-order valence-electron chi connectivity index (χ1n) is 24.4. The molecule has 0 aromatic rings. The number of ether oxygens (including phenoxy) is 2. The highest BCUT2D eigenvalue weighted by atomic mass is 31.2. The summed E-state index contributed by atoms with van der Waals surface area (Å²) in [5.74, 6) is -1.31. The summed E-state index contributed by atoms with van der Waals surface area (Å²) in [4.78, 5) is 37.4. The zero-order chi connectivity index (χ0) is 44.3. The van der Waals surface area contributed by atoms with Gasteiger partial charge in [-0.15, -0.1) is 0 Å². The van der Waals surface area contributed by atoms with Crippen LogP contribution < -0.4 is 4.89 Å². The van der Waals surface area contributed by atoms with Crippen LogP contribution in [-0.4, -0.2) is 70.0 Å². The zero-order valence-electron chi connectivity index (χ0n) is 39.4. The van der Waals surface area contributed by atoms with Crippen molar-refractivity contribution in [1.29, 1.82) is 0 Å². The summed E-state index contributed by atoms with van der Waals surface area (Å²) >= 11 is 0. The Balaban J connectivity index is 4.42. The van der Waals surface area contributed by atoms with Crippen molar-refractivity contribution in [3.63, 3.8) is 0 Å². The van der Waals surface area contributed by atoms with Gasteiger partial charge in [-0.3, -0.25) is 4.57 Å². The topological polar surface area (TPSA) is 111 Å². The molecule has 0 amide bonds. The molecule has 0 bridgehead atoms. The molecule has 0 saturated carbocycles. The van der Waals surface area contributed by atoms with E-state index >= 15 is 0 Å². The molecule has 0 radical (unpaired) electrons. The van der Waals surface area contributed by atoms with E-state index in [9.17, 15) is 19.0 Å². The van der Waals surface area contributed by atoms with E-state index in [4.69, 9.17) is 18.5 Å². The predicted molar refractivity (Wildman–Crippen MR) is 250 cm³/mol. The minimum absolute atomic E-state index is 0.0569. The largest absolute Gasteiger partial charge is 0.756 e. The number of phosphoric acid groups is 1. The molecule has 0 aromatic carbocycles. The molecule has 10 heteroatoms. The lowest BCUT2D eigenvalue weighted by Crippen LogP contribution is -2.37. The quantitative estimate of drug-likeness (QED) is 0.0149. The molecule has 0 aromatic heterocycles. The van der Waals surface area contributed by atoms with Crippen LogP contribution in [0.25, 0.3) is 0 Å². The molecule has 60 heavy (non-hydrogen) atoms. The standard InChI is InChI=1S/C50H92NO8P/c1-6-8-10-12-14-16-18-20-22-23-24-25-26-27-29-31-33-35-37-39-41-43-50(53)59-48(47-58-60(54,55)57-45-44-51(3,4)5)46-56-49(52)42-40-38-36-34-32-30-28-21-19-17-15-13-11-9-7-2/h32,34,36,38,40-43,48H,6-31,33,35,37,39,44-47H2,1-5H3/b34-32-,38-36+,42-40?,43-41?/t48-/m1/s1. The highest BCUT2D eigenvalue weighted by molar-refractivity contribution is 7.45. The predicted octanol–water partition coefficient (Wildman–Crippen LogP) is 13.6. The highest BCUT2D eigenvalue weighted by Crippen LogP contribution is 2.38.